The van der Waals surface area contributed by atoms with Crippen LogP contribution >= 0.6 is 15.9 Å². The van der Waals surface area contributed by atoms with E-state index in [1.54, 1.807) is 13.2 Å². The average Bonchev–Trinajstić information content (AvgIpc) is 2.57. The van der Waals surface area contributed by atoms with E-state index < -0.39 is 5.60 Å². The number of hydrogen-bond acceptors (Lipinski definition) is 2. The molecule has 0 radical (unpaired) electrons. The highest BCUT2D eigenvalue weighted by molar-refractivity contribution is 9.10. The maximum atomic E-state index is 12.4. The van der Waals surface area contributed by atoms with Crippen LogP contribution in [-0.4, -0.2) is 19.6 Å². The summed E-state index contributed by atoms with van der Waals surface area (Å²) < 4.78 is 6.55. The zero-order chi connectivity index (χ0) is 16.0. The Morgan fingerprint density at radius 2 is 1.77 bits per heavy atom. The minimum atomic E-state index is -0.516. The Labute approximate surface area is 139 Å². The van der Waals surface area contributed by atoms with Gasteiger partial charge in [0.2, 0.25) is 0 Å². The first-order chi connectivity index (χ1) is 10.6. The van der Waals surface area contributed by atoms with Gasteiger partial charge in [-0.05, 0) is 40.0 Å². The van der Waals surface area contributed by atoms with Crippen molar-refractivity contribution in [2.45, 2.75) is 18.9 Å². The molecule has 1 N–H and O–H groups in total. The topological polar surface area (TPSA) is 38.3 Å². The number of benzene rings is 2. The van der Waals surface area contributed by atoms with Gasteiger partial charge in [-0.2, -0.15) is 0 Å². The molecule has 0 unspecified atom stereocenters. The fraction of sp³-hybridized carbons (Fsp3) is 0.278. The number of halogens is 1. The lowest BCUT2D eigenvalue weighted by Gasteiger charge is -2.32. The summed E-state index contributed by atoms with van der Waals surface area (Å²) in [5.41, 5.74) is 1.17. The van der Waals surface area contributed by atoms with Crippen LogP contribution in [0.15, 0.2) is 59.1 Å². The highest BCUT2D eigenvalue weighted by Gasteiger charge is 2.30. The summed E-state index contributed by atoms with van der Waals surface area (Å²) in [4.78, 5) is 12.4. The van der Waals surface area contributed by atoms with Crippen LogP contribution in [0.4, 0.5) is 0 Å². The Morgan fingerprint density at radius 3 is 2.36 bits per heavy atom. The molecule has 22 heavy (non-hydrogen) atoms. The maximum Gasteiger partial charge on any atom is 0.252 e. The van der Waals surface area contributed by atoms with Gasteiger partial charge in [-0.25, -0.2) is 0 Å². The second-order valence-electron chi connectivity index (χ2n) is 5.08. The van der Waals surface area contributed by atoms with Crippen molar-refractivity contribution in [1.82, 2.24) is 5.32 Å². The van der Waals surface area contributed by atoms with Crippen molar-refractivity contribution < 1.29 is 9.53 Å². The SMILES string of the molecule is CC[C@@](CNC(=O)c1ccccc1Br)(OC)c1ccccc1. The number of hydrogen-bond donors (Lipinski definition) is 1. The van der Waals surface area contributed by atoms with Gasteiger partial charge in [0, 0.05) is 11.6 Å². The third-order valence-electron chi connectivity index (χ3n) is 3.91. The zero-order valence-corrected chi connectivity index (χ0v) is 14.4. The van der Waals surface area contributed by atoms with Gasteiger partial charge in [0.1, 0.15) is 5.60 Å². The molecule has 0 bridgehead atoms. The van der Waals surface area contributed by atoms with E-state index in [4.69, 9.17) is 4.74 Å². The molecule has 0 saturated heterocycles. The van der Waals surface area contributed by atoms with Gasteiger partial charge in [-0.15, -0.1) is 0 Å². The number of carbonyl (C=O) groups is 1. The van der Waals surface area contributed by atoms with Gasteiger partial charge in [0.15, 0.2) is 0 Å². The summed E-state index contributed by atoms with van der Waals surface area (Å²) in [5.74, 6) is -0.113. The van der Waals surface area contributed by atoms with Crippen LogP contribution in [0.5, 0.6) is 0 Å². The van der Waals surface area contributed by atoms with Crippen molar-refractivity contribution in [2.24, 2.45) is 0 Å². The lowest BCUT2D eigenvalue weighted by molar-refractivity contribution is -0.0164. The van der Waals surface area contributed by atoms with E-state index in [0.29, 0.717) is 12.1 Å². The van der Waals surface area contributed by atoms with Crippen LogP contribution < -0.4 is 5.32 Å². The van der Waals surface area contributed by atoms with Crippen molar-refractivity contribution in [3.05, 3.63) is 70.2 Å². The number of nitrogens with one attached hydrogen (secondary N) is 1. The minimum Gasteiger partial charge on any atom is -0.372 e. The van der Waals surface area contributed by atoms with Crippen LogP contribution in [0.2, 0.25) is 0 Å². The first kappa shape index (κ1) is 16.7. The molecule has 2 aromatic carbocycles. The molecule has 1 atom stereocenters. The summed E-state index contributed by atoms with van der Waals surface area (Å²) in [7, 11) is 1.68. The molecule has 0 saturated carbocycles. The largest absolute Gasteiger partial charge is 0.372 e. The van der Waals surface area contributed by atoms with E-state index in [0.717, 1.165) is 16.5 Å². The van der Waals surface area contributed by atoms with Crippen LogP contribution in [-0.2, 0) is 10.3 Å². The van der Waals surface area contributed by atoms with E-state index >= 15 is 0 Å². The molecule has 4 heteroatoms. The van der Waals surface area contributed by atoms with E-state index in [1.807, 2.05) is 48.5 Å². The second kappa shape index (κ2) is 7.56. The number of ether oxygens (including phenoxy) is 1. The Morgan fingerprint density at radius 1 is 1.14 bits per heavy atom. The Bertz CT molecular complexity index is 624. The molecule has 0 aliphatic rings. The molecule has 0 spiro atoms. The van der Waals surface area contributed by atoms with Gasteiger partial charge in [-0.1, -0.05) is 49.4 Å². The lowest BCUT2D eigenvalue weighted by Crippen LogP contribution is -2.42. The number of amides is 1. The normalized spacial score (nSPS) is 13.4. The molecule has 0 aromatic heterocycles. The lowest BCUT2D eigenvalue weighted by atomic mass is 9.90. The van der Waals surface area contributed by atoms with Crippen molar-refractivity contribution in [3.8, 4) is 0 Å². The Kier molecular flexibility index (Phi) is 5.75. The smallest absolute Gasteiger partial charge is 0.252 e. The van der Waals surface area contributed by atoms with Gasteiger partial charge in [0.05, 0.1) is 12.1 Å². The van der Waals surface area contributed by atoms with Crippen LogP contribution in [0.25, 0.3) is 0 Å². The third kappa shape index (κ3) is 3.57. The highest BCUT2D eigenvalue weighted by atomic mass is 79.9. The summed E-state index contributed by atoms with van der Waals surface area (Å²) in [6.45, 7) is 2.48. The molecule has 2 rings (SSSR count). The molecule has 0 aliphatic heterocycles. The first-order valence-corrected chi connectivity index (χ1v) is 8.05. The first-order valence-electron chi connectivity index (χ1n) is 7.26. The predicted octanol–water partition coefficient (Wildman–Crippen LogP) is 4.13. The molecule has 3 nitrogen and oxygen atoms in total. The van der Waals surface area contributed by atoms with E-state index in [1.165, 1.54) is 0 Å². The fourth-order valence-corrected chi connectivity index (χ4v) is 2.94. The van der Waals surface area contributed by atoms with Gasteiger partial charge < -0.3 is 10.1 Å². The molecular weight excluding hydrogens is 342 g/mol. The summed E-state index contributed by atoms with van der Waals surface area (Å²) >= 11 is 3.40. The molecule has 116 valence electrons. The van der Waals surface area contributed by atoms with E-state index in [2.05, 4.69) is 28.2 Å². The van der Waals surface area contributed by atoms with Crippen molar-refractivity contribution in [2.75, 3.05) is 13.7 Å². The second-order valence-corrected chi connectivity index (χ2v) is 5.93. The summed E-state index contributed by atoms with van der Waals surface area (Å²) in [5, 5.41) is 2.99. The van der Waals surface area contributed by atoms with Gasteiger partial charge >= 0.3 is 0 Å². The summed E-state index contributed by atoms with van der Waals surface area (Å²) in [6, 6.07) is 17.4. The number of rotatable bonds is 6. The van der Waals surface area contributed by atoms with Crippen molar-refractivity contribution >= 4 is 21.8 Å². The molecule has 0 heterocycles. The third-order valence-corrected chi connectivity index (χ3v) is 4.61. The Balaban J connectivity index is 2.16. The minimum absolute atomic E-state index is 0.113. The highest BCUT2D eigenvalue weighted by Crippen LogP contribution is 2.28. The number of carbonyl (C=O) groups excluding carboxylic acids is 1. The van der Waals surface area contributed by atoms with Gasteiger partial charge in [-0.3, -0.25) is 4.79 Å². The van der Waals surface area contributed by atoms with Crippen molar-refractivity contribution in [3.63, 3.8) is 0 Å². The standard InChI is InChI=1S/C18H20BrNO2/c1-3-18(22-2,14-9-5-4-6-10-14)13-20-17(21)15-11-7-8-12-16(15)19/h4-12H,3,13H2,1-2H3,(H,20,21)/t18-/m0/s1. The maximum absolute atomic E-state index is 12.4. The molecule has 0 aliphatic carbocycles. The van der Waals surface area contributed by atoms with Crippen LogP contribution in [0.3, 0.4) is 0 Å². The van der Waals surface area contributed by atoms with Gasteiger partial charge in [0.25, 0.3) is 5.91 Å². The van der Waals surface area contributed by atoms with Crippen molar-refractivity contribution in [1.29, 1.82) is 0 Å². The molecular formula is C18H20BrNO2. The zero-order valence-electron chi connectivity index (χ0n) is 12.8. The predicted molar refractivity (Wildman–Crippen MR) is 91.9 cm³/mol. The summed E-state index contributed by atoms with van der Waals surface area (Å²) in [6.07, 6.45) is 0.768. The monoisotopic (exact) mass is 361 g/mol. The van der Waals surface area contributed by atoms with Crippen LogP contribution in [0.1, 0.15) is 29.3 Å². The van der Waals surface area contributed by atoms with Crippen LogP contribution in [0, 0.1) is 0 Å². The molecule has 2 aromatic rings. The quantitative estimate of drug-likeness (QED) is 0.839. The molecule has 0 fully saturated rings. The number of methoxy groups -OCH3 is 1. The van der Waals surface area contributed by atoms with E-state index in [-0.39, 0.29) is 5.91 Å². The Hall–Kier alpha value is -1.65. The molecule has 1 amide bonds. The average molecular weight is 362 g/mol. The fourth-order valence-electron chi connectivity index (χ4n) is 2.47. The van der Waals surface area contributed by atoms with E-state index in [9.17, 15) is 4.79 Å².